The Labute approximate surface area is 170 Å². The minimum atomic E-state index is -0.210. The van der Waals surface area contributed by atoms with Gasteiger partial charge in [0.25, 0.3) is 0 Å². The SMILES string of the molecule is CC(C)(C)n1nnnc1[C@H](c1ccncc1)N1CCN(c2ccc(O)cc2)CC1. The fraction of sp³-hybridized carbons (Fsp3) is 0.429. The smallest absolute Gasteiger partial charge is 0.173 e. The molecule has 8 nitrogen and oxygen atoms in total. The molecular formula is C21H27N7O. The van der Waals surface area contributed by atoms with E-state index in [1.807, 2.05) is 41.3 Å². The molecule has 4 rings (SSSR count). The Bertz CT molecular complexity index is 926. The molecule has 1 saturated heterocycles. The first kappa shape index (κ1) is 19.3. The number of hydrogen-bond acceptors (Lipinski definition) is 7. The van der Waals surface area contributed by atoms with E-state index in [-0.39, 0.29) is 11.6 Å². The fourth-order valence-corrected chi connectivity index (χ4v) is 3.81. The third kappa shape index (κ3) is 4.07. The maximum absolute atomic E-state index is 9.54. The average Bonchev–Trinajstić information content (AvgIpc) is 3.20. The average molecular weight is 393 g/mol. The van der Waals surface area contributed by atoms with Gasteiger partial charge in [0.05, 0.1) is 11.6 Å². The summed E-state index contributed by atoms with van der Waals surface area (Å²) in [5, 5.41) is 22.2. The van der Waals surface area contributed by atoms with Gasteiger partial charge in [-0.1, -0.05) is 0 Å². The van der Waals surface area contributed by atoms with Gasteiger partial charge in [-0.3, -0.25) is 9.88 Å². The molecule has 1 aromatic carbocycles. The zero-order chi connectivity index (χ0) is 20.4. The van der Waals surface area contributed by atoms with Crippen molar-refractivity contribution in [1.29, 1.82) is 0 Å². The molecule has 0 bridgehead atoms. The molecule has 29 heavy (non-hydrogen) atoms. The molecule has 0 aliphatic carbocycles. The summed E-state index contributed by atoms with van der Waals surface area (Å²) in [5.41, 5.74) is 2.05. The van der Waals surface area contributed by atoms with Crippen LogP contribution in [0.3, 0.4) is 0 Å². The van der Waals surface area contributed by atoms with E-state index in [9.17, 15) is 5.11 Å². The molecular weight excluding hydrogens is 366 g/mol. The second-order valence-corrected chi connectivity index (χ2v) is 8.34. The molecule has 1 aliphatic rings. The number of aromatic nitrogens is 5. The van der Waals surface area contributed by atoms with E-state index in [2.05, 4.69) is 51.1 Å². The van der Waals surface area contributed by atoms with Gasteiger partial charge >= 0.3 is 0 Å². The van der Waals surface area contributed by atoms with Crippen molar-refractivity contribution in [2.45, 2.75) is 32.4 Å². The molecule has 0 unspecified atom stereocenters. The van der Waals surface area contributed by atoms with Crippen molar-refractivity contribution in [2.24, 2.45) is 0 Å². The third-order valence-corrected chi connectivity index (χ3v) is 5.29. The summed E-state index contributed by atoms with van der Waals surface area (Å²) >= 11 is 0. The molecule has 1 aliphatic heterocycles. The summed E-state index contributed by atoms with van der Waals surface area (Å²) in [7, 11) is 0. The Kier molecular flexibility index (Phi) is 5.19. The molecule has 0 saturated carbocycles. The number of phenolic OH excluding ortho intramolecular Hbond substituents is 1. The lowest BCUT2D eigenvalue weighted by Gasteiger charge is -2.40. The summed E-state index contributed by atoms with van der Waals surface area (Å²) < 4.78 is 1.92. The van der Waals surface area contributed by atoms with Crippen LogP contribution in [-0.2, 0) is 5.54 Å². The first-order valence-electron chi connectivity index (χ1n) is 9.90. The number of pyridine rings is 1. The number of aromatic hydroxyl groups is 1. The van der Waals surface area contributed by atoms with Gasteiger partial charge in [-0.2, -0.15) is 0 Å². The maximum atomic E-state index is 9.54. The Morgan fingerprint density at radius 2 is 1.59 bits per heavy atom. The van der Waals surface area contributed by atoms with E-state index in [1.54, 1.807) is 12.1 Å². The van der Waals surface area contributed by atoms with Crippen molar-refractivity contribution in [3.05, 3.63) is 60.2 Å². The largest absolute Gasteiger partial charge is 0.508 e. The predicted octanol–water partition coefficient (Wildman–Crippen LogP) is 2.44. The van der Waals surface area contributed by atoms with Crippen molar-refractivity contribution in [3.8, 4) is 5.75 Å². The summed E-state index contributed by atoms with van der Waals surface area (Å²) in [5.74, 6) is 1.14. The quantitative estimate of drug-likeness (QED) is 0.729. The van der Waals surface area contributed by atoms with Crippen LogP contribution in [0.15, 0.2) is 48.8 Å². The predicted molar refractivity (Wildman–Crippen MR) is 111 cm³/mol. The summed E-state index contributed by atoms with van der Waals surface area (Å²) in [4.78, 5) is 8.95. The molecule has 3 heterocycles. The molecule has 152 valence electrons. The molecule has 0 radical (unpaired) electrons. The highest BCUT2D eigenvalue weighted by Gasteiger charge is 2.33. The number of hydrogen-bond donors (Lipinski definition) is 1. The van der Waals surface area contributed by atoms with Gasteiger partial charge < -0.3 is 10.0 Å². The van der Waals surface area contributed by atoms with Gasteiger partial charge in [-0.25, -0.2) is 4.68 Å². The third-order valence-electron chi connectivity index (χ3n) is 5.29. The van der Waals surface area contributed by atoms with Gasteiger partial charge in [0.2, 0.25) is 0 Å². The molecule has 1 fully saturated rings. The minimum Gasteiger partial charge on any atom is -0.508 e. The first-order chi connectivity index (χ1) is 13.9. The zero-order valence-corrected chi connectivity index (χ0v) is 17.1. The van der Waals surface area contributed by atoms with Crippen LogP contribution in [-0.4, -0.2) is 61.4 Å². The van der Waals surface area contributed by atoms with Crippen molar-refractivity contribution in [2.75, 3.05) is 31.1 Å². The molecule has 3 aromatic rings. The van der Waals surface area contributed by atoms with Crippen LogP contribution in [0.5, 0.6) is 5.75 Å². The Balaban J connectivity index is 1.60. The monoisotopic (exact) mass is 393 g/mol. The second kappa shape index (κ2) is 7.79. The van der Waals surface area contributed by atoms with E-state index >= 15 is 0 Å². The lowest BCUT2D eigenvalue weighted by atomic mass is 10.0. The van der Waals surface area contributed by atoms with Gasteiger partial charge in [0, 0.05) is 44.3 Å². The van der Waals surface area contributed by atoms with Crippen molar-refractivity contribution >= 4 is 5.69 Å². The van der Waals surface area contributed by atoms with E-state index in [0.717, 1.165) is 43.3 Å². The number of piperazine rings is 1. The number of tetrazole rings is 1. The molecule has 8 heteroatoms. The van der Waals surface area contributed by atoms with Gasteiger partial charge in [0.1, 0.15) is 5.75 Å². The van der Waals surface area contributed by atoms with Crippen LogP contribution in [0.25, 0.3) is 0 Å². The van der Waals surface area contributed by atoms with Crippen LogP contribution in [0.2, 0.25) is 0 Å². The number of anilines is 1. The zero-order valence-electron chi connectivity index (χ0n) is 17.1. The topological polar surface area (TPSA) is 83.2 Å². The second-order valence-electron chi connectivity index (χ2n) is 8.34. The van der Waals surface area contributed by atoms with Crippen LogP contribution in [0.4, 0.5) is 5.69 Å². The van der Waals surface area contributed by atoms with Crippen molar-refractivity contribution in [1.82, 2.24) is 30.1 Å². The van der Waals surface area contributed by atoms with Crippen LogP contribution in [0, 0.1) is 0 Å². The highest BCUT2D eigenvalue weighted by Crippen LogP contribution is 2.31. The fourth-order valence-electron chi connectivity index (χ4n) is 3.81. The molecule has 1 N–H and O–H groups in total. The van der Waals surface area contributed by atoms with Crippen LogP contribution in [0.1, 0.15) is 38.2 Å². The Morgan fingerprint density at radius 3 is 2.21 bits per heavy atom. The van der Waals surface area contributed by atoms with Gasteiger partial charge in [-0.15, -0.1) is 5.10 Å². The van der Waals surface area contributed by atoms with Crippen molar-refractivity contribution in [3.63, 3.8) is 0 Å². The Morgan fingerprint density at radius 1 is 0.931 bits per heavy atom. The Hall–Kier alpha value is -3.00. The van der Waals surface area contributed by atoms with E-state index < -0.39 is 0 Å². The van der Waals surface area contributed by atoms with Crippen LogP contribution < -0.4 is 4.90 Å². The molecule has 0 spiro atoms. The standard InChI is InChI=1S/C21H27N7O/c1-21(2,3)28-20(23-24-25-28)19(16-8-10-22-11-9-16)27-14-12-26(13-15-27)17-4-6-18(29)7-5-17/h4-11,19,29H,12-15H2,1-3H3/t19-/m0/s1. The number of benzene rings is 1. The molecule has 0 amide bonds. The maximum Gasteiger partial charge on any atom is 0.173 e. The lowest BCUT2D eigenvalue weighted by Crippen LogP contribution is -2.48. The highest BCUT2D eigenvalue weighted by atomic mass is 16.3. The number of rotatable bonds is 4. The van der Waals surface area contributed by atoms with E-state index in [4.69, 9.17) is 0 Å². The van der Waals surface area contributed by atoms with Gasteiger partial charge in [-0.05, 0) is 73.2 Å². The highest BCUT2D eigenvalue weighted by molar-refractivity contribution is 5.49. The van der Waals surface area contributed by atoms with Crippen LogP contribution >= 0.6 is 0 Å². The summed E-state index contributed by atoms with van der Waals surface area (Å²) in [6, 6.07) is 11.4. The van der Waals surface area contributed by atoms with Crippen molar-refractivity contribution < 1.29 is 5.11 Å². The molecule has 1 atom stereocenters. The minimum absolute atomic E-state index is 0.0332. The summed E-state index contributed by atoms with van der Waals surface area (Å²) in [6.45, 7) is 9.88. The summed E-state index contributed by atoms with van der Waals surface area (Å²) in [6.07, 6.45) is 3.64. The lowest BCUT2D eigenvalue weighted by molar-refractivity contribution is 0.191. The van der Waals surface area contributed by atoms with E-state index in [0.29, 0.717) is 5.75 Å². The number of nitrogens with zero attached hydrogens (tertiary/aromatic N) is 7. The molecule has 2 aromatic heterocycles. The number of phenols is 1. The first-order valence-corrected chi connectivity index (χ1v) is 9.90. The van der Waals surface area contributed by atoms with Gasteiger partial charge in [0.15, 0.2) is 5.82 Å². The normalized spacial score (nSPS) is 16.7. The van der Waals surface area contributed by atoms with E-state index in [1.165, 1.54) is 0 Å².